The van der Waals surface area contributed by atoms with Gasteiger partial charge in [0.1, 0.15) is 0 Å². The minimum atomic E-state index is -1.41. The van der Waals surface area contributed by atoms with Crippen LogP contribution in [0.5, 0.6) is 0 Å². The van der Waals surface area contributed by atoms with Gasteiger partial charge in [-0.25, -0.2) is 0 Å². The fourth-order valence-electron chi connectivity index (χ4n) is 1.77. The van der Waals surface area contributed by atoms with Crippen molar-refractivity contribution in [1.82, 2.24) is 0 Å². The molecule has 1 aromatic rings. The second-order valence-corrected chi connectivity index (χ2v) is 9.33. The maximum absolute atomic E-state index is 5.85. The van der Waals surface area contributed by atoms with Gasteiger partial charge in [-0.05, 0) is 35.9 Å². The summed E-state index contributed by atoms with van der Waals surface area (Å²) in [4.78, 5) is 0. The molecule has 0 aromatic heterocycles. The zero-order valence-electron chi connectivity index (χ0n) is 9.34. The van der Waals surface area contributed by atoms with E-state index in [2.05, 4.69) is 38.1 Å². The highest BCUT2D eigenvalue weighted by molar-refractivity contribution is 7.33. The van der Waals surface area contributed by atoms with Gasteiger partial charge in [0.15, 0.2) is 0 Å². The first kappa shape index (κ1) is 13.1. The van der Waals surface area contributed by atoms with Crippen molar-refractivity contribution in [2.75, 3.05) is 0 Å². The summed E-state index contributed by atoms with van der Waals surface area (Å²) in [5.41, 5.74) is 2.91. The van der Waals surface area contributed by atoms with Crippen molar-refractivity contribution in [3.05, 3.63) is 35.4 Å². The first-order valence-electron chi connectivity index (χ1n) is 5.47. The van der Waals surface area contributed by atoms with E-state index >= 15 is 0 Å². The third-order valence-electron chi connectivity index (χ3n) is 2.55. The standard InChI is InChI=1S/C12H18Cl2Si/c1-10(2)12-8-4-3-6-11(12)7-5-9-15(13)14/h3-4,6,8,10,15H,5,7,9H2,1-2H3. The van der Waals surface area contributed by atoms with E-state index in [4.69, 9.17) is 22.2 Å². The van der Waals surface area contributed by atoms with E-state index in [0.717, 1.165) is 18.9 Å². The summed E-state index contributed by atoms with van der Waals surface area (Å²) < 4.78 is 0. The van der Waals surface area contributed by atoms with E-state index in [1.165, 1.54) is 11.1 Å². The Labute approximate surface area is 104 Å². The molecule has 0 heterocycles. The molecule has 0 spiro atoms. The van der Waals surface area contributed by atoms with E-state index in [1.807, 2.05) is 0 Å². The molecule has 0 unspecified atom stereocenters. The largest absolute Gasteiger partial charge is 0.237 e. The van der Waals surface area contributed by atoms with Crippen LogP contribution in [0.4, 0.5) is 0 Å². The average molecular weight is 261 g/mol. The molecule has 15 heavy (non-hydrogen) atoms. The molecule has 0 aliphatic carbocycles. The van der Waals surface area contributed by atoms with E-state index < -0.39 is 7.42 Å². The minimum Gasteiger partial charge on any atom is -0.150 e. The van der Waals surface area contributed by atoms with Gasteiger partial charge in [-0.3, -0.25) is 0 Å². The molecule has 0 aliphatic heterocycles. The predicted octanol–water partition coefficient (Wildman–Crippen LogP) is 4.44. The molecule has 0 bridgehead atoms. The van der Waals surface area contributed by atoms with Crippen LogP contribution in [0.3, 0.4) is 0 Å². The van der Waals surface area contributed by atoms with Crippen molar-refractivity contribution in [3.8, 4) is 0 Å². The molecule has 1 aromatic carbocycles. The molecule has 84 valence electrons. The highest BCUT2D eigenvalue weighted by Crippen LogP contribution is 2.21. The SMILES string of the molecule is CC(C)c1ccccc1CCC[SiH](Cl)Cl. The van der Waals surface area contributed by atoms with Crippen LogP contribution in [0, 0.1) is 0 Å². The molecule has 1 rings (SSSR count). The minimum absolute atomic E-state index is 0.598. The zero-order chi connectivity index (χ0) is 11.3. The van der Waals surface area contributed by atoms with Gasteiger partial charge < -0.3 is 0 Å². The molecule has 0 atom stereocenters. The second kappa shape index (κ2) is 6.57. The molecule has 0 amide bonds. The van der Waals surface area contributed by atoms with Gasteiger partial charge in [0.05, 0.1) is 0 Å². The normalized spacial score (nSPS) is 11.3. The fraction of sp³-hybridized carbons (Fsp3) is 0.500. The zero-order valence-corrected chi connectivity index (χ0v) is 12.0. The van der Waals surface area contributed by atoms with E-state index in [1.54, 1.807) is 0 Å². The fourth-order valence-corrected chi connectivity index (χ4v) is 3.21. The number of aryl methyl sites for hydroxylation is 1. The van der Waals surface area contributed by atoms with Crippen molar-refractivity contribution in [2.45, 2.75) is 38.7 Å². The van der Waals surface area contributed by atoms with E-state index in [9.17, 15) is 0 Å². The van der Waals surface area contributed by atoms with E-state index in [0.29, 0.717) is 5.92 Å². The van der Waals surface area contributed by atoms with Crippen LogP contribution in [0.1, 0.15) is 37.3 Å². The first-order valence-corrected chi connectivity index (χ1v) is 9.78. The number of hydrogen-bond acceptors (Lipinski definition) is 0. The Morgan fingerprint density at radius 3 is 2.47 bits per heavy atom. The third-order valence-corrected chi connectivity index (χ3v) is 4.70. The molecule has 0 saturated carbocycles. The highest BCUT2D eigenvalue weighted by Gasteiger charge is 2.07. The van der Waals surface area contributed by atoms with Crippen LogP contribution in [0.15, 0.2) is 24.3 Å². The monoisotopic (exact) mass is 260 g/mol. The van der Waals surface area contributed by atoms with Gasteiger partial charge in [-0.15, -0.1) is 0 Å². The Morgan fingerprint density at radius 2 is 1.87 bits per heavy atom. The van der Waals surface area contributed by atoms with Gasteiger partial charge in [-0.1, -0.05) is 38.1 Å². The number of rotatable bonds is 5. The Morgan fingerprint density at radius 1 is 1.20 bits per heavy atom. The third kappa shape index (κ3) is 4.58. The summed E-state index contributed by atoms with van der Waals surface area (Å²) in [6, 6.07) is 9.66. The predicted molar refractivity (Wildman–Crippen MR) is 72.5 cm³/mol. The lowest BCUT2D eigenvalue weighted by atomic mass is 9.95. The van der Waals surface area contributed by atoms with Crippen molar-refractivity contribution in [1.29, 1.82) is 0 Å². The van der Waals surface area contributed by atoms with Crippen molar-refractivity contribution in [2.24, 2.45) is 0 Å². The van der Waals surface area contributed by atoms with Crippen molar-refractivity contribution in [3.63, 3.8) is 0 Å². The molecule has 0 fully saturated rings. The lowest BCUT2D eigenvalue weighted by molar-refractivity contribution is 0.820. The lowest BCUT2D eigenvalue weighted by Crippen LogP contribution is -1.98. The molecular weight excluding hydrogens is 243 g/mol. The molecule has 0 saturated heterocycles. The van der Waals surface area contributed by atoms with Gasteiger partial charge in [0, 0.05) is 0 Å². The second-order valence-electron chi connectivity index (χ2n) is 4.14. The number of hydrogen-bond donors (Lipinski definition) is 0. The van der Waals surface area contributed by atoms with Crippen LogP contribution in [0.2, 0.25) is 6.04 Å². The lowest BCUT2D eigenvalue weighted by Gasteiger charge is -2.12. The maximum Gasteiger partial charge on any atom is 0.237 e. The molecule has 0 radical (unpaired) electrons. The van der Waals surface area contributed by atoms with Gasteiger partial charge in [-0.2, -0.15) is 22.2 Å². The summed E-state index contributed by atoms with van der Waals surface area (Å²) in [5, 5.41) is 0. The summed E-state index contributed by atoms with van der Waals surface area (Å²) in [6.45, 7) is 4.47. The molecule has 3 heteroatoms. The average Bonchev–Trinajstić information content (AvgIpc) is 2.17. The summed E-state index contributed by atoms with van der Waals surface area (Å²) >= 11 is 11.7. The van der Waals surface area contributed by atoms with Gasteiger partial charge in [0.25, 0.3) is 0 Å². The van der Waals surface area contributed by atoms with Crippen LogP contribution in [-0.2, 0) is 6.42 Å². The first-order chi connectivity index (χ1) is 7.11. The quantitative estimate of drug-likeness (QED) is 0.543. The van der Waals surface area contributed by atoms with Crippen molar-refractivity contribution >= 4 is 29.6 Å². The Bertz CT molecular complexity index is 297. The molecule has 0 nitrogen and oxygen atoms in total. The smallest absolute Gasteiger partial charge is 0.150 e. The highest BCUT2D eigenvalue weighted by atomic mass is 35.7. The maximum atomic E-state index is 5.85. The molecule has 0 aliphatic rings. The van der Waals surface area contributed by atoms with Crippen molar-refractivity contribution < 1.29 is 0 Å². The van der Waals surface area contributed by atoms with Gasteiger partial charge in [0.2, 0.25) is 7.42 Å². The van der Waals surface area contributed by atoms with Crippen LogP contribution in [0.25, 0.3) is 0 Å². The van der Waals surface area contributed by atoms with Crippen LogP contribution < -0.4 is 0 Å². The summed E-state index contributed by atoms with van der Waals surface area (Å²) in [5.74, 6) is 0.598. The Balaban J connectivity index is 2.59. The van der Waals surface area contributed by atoms with Crippen LogP contribution >= 0.6 is 22.2 Å². The summed E-state index contributed by atoms with van der Waals surface area (Å²) in [7, 11) is -1.41. The Hall–Kier alpha value is 0.0169. The molecular formula is C12H18Cl2Si. The summed E-state index contributed by atoms with van der Waals surface area (Å²) in [6.07, 6.45) is 2.23. The topological polar surface area (TPSA) is 0 Å². The van der Waals surface area contributed by atoms with Crippen LogP contribution in [-0.4, -0.2) is 7.42 Å². The Kier molecular flexibility index (Phi) is 5.73. The number of benzene rings is 1. The molecule has 0 N–H and O–H groups in total. The van der Waals surface area contributed by atoms with E-state index in [-0.39, 0.29) is 0 Å². The van der Waals surface area contributed by atoms with Gasteiger partial charge >= 0.3 is 0 Å². The number of halogens is 2.